The number of carbonyl (C=O) groups excluding carboxylic acids is 1. The van der Waals surface area contributed by atoms with E-state index in [1.807, 2.05) is 50.3 Å². The van der Waals surface area contributed by atoms with E-state index in [4.69, 9.17) is 24.0 Å². The number of rotatable bonds is 7. The lowest BCUT2D eigenvalue weighted by atomic mass is 9.70. The highest BCUT2D eigenvalue weighted by Gasteiger charge is 2.55. The number of methoxy groups -OCH3 is 3. The van der Waals surface area contributed by atoms with Gasteiger partial charge in [0.1, 0.15) is 40.1 Å². The highest BCUT2D eigenvalue weighted by Crippen LogP contribution is 2.62. The smallest absolute Gasteiger partial charge is 0.193 e. The average molecular weight is 581 g/mol. The van der Waals surface area contributed by atoms with Gasteiger partial charge in [-0.05, 0) is 63.3 Å². The van der Waals surface area contributed by atoms with Crippen molar-refractivity contribution in [2.45, 2.75) is 32.3 Å². The Labute approximate surface area is 249 Å². The second kappa shape index (κ2) is 10.4. The third kappa shape index (κ3) is 4.11. The van der Waals surface area contributed by atoms with Gasteiger partial charge >= 0.3 is 0 Å². The van der Waals surface area contributed by atoms with Crippen LogP contribution in [0.4, 0.5) is 0 Å². The van der Waals surface area contributed by atoms with Gasteiger partial charge in [-0.2, -0.15) is 5.10 Å². The van der Waals surface area contributed by atoms with Crippen molar-refractivity contribution in [1.82, 2.24) is 9.78 Å². The molecule has 1 aromatic heterocycles. The number of benzene rings is 3. The molecule has 0 amide bonds. The Hall–Kier alpha value is -5.02. The number of phenolic OH excluding ortho intramolecular Hbond substituents is 1. The first kappa shape index (κ1) is 28.1. The molecular weight excluding hydrogens is 548 g/mol. The molecule has 0 radical (unpaired) electrons. The van der Waals surface area contributed by atoms with Gasteiger partial charge in [0.15, 0.2) is 5.78 Å². The third-order valence-electron chi connectivity index (χ3n) is 8.39. The van der Waals surface area contributed by atoms with Crippen LogP contribution in [0.5, 0.6) is 28.7 Å². The van der Waals surface area contributed by atoms with Gasteiger partial charge in [-0.3, -0.25) is 4.79 Å². The van der Waals surface area contributed by atoms with Crippen LogP contribution in [0.2, 0.25) is 0 Å². The number of carbonyl (C=O) groups is 1. The summed E-state index contributed by atoms with van der Waals surface area (Å²) < 4.78 is 24.7. The molecule has 2 atom stereocenters. The number of ether oxygens (including phenoxy) is 4. The van der Waals surface area contributed by atoms with Gasteiger partial charge in [-0.15, -0.1) is 0 Å². The average Bonchev–Trinajstić information content (AvgIpc) is 3.51. The fourth-order valence-corrected chi connectivity index (χ4v) is 6.10. The summed E-state index contributed by atoms with van der Waals surface area (Å²) in [7, 11) is 4.58. The van der Waals surface area contributed by atoms with Crippen molar-refractivity contribution in [2.24, 2.45) is 0 Å². The van der Waals surface area contributed by atoms with Crippen LogP contribution in [0.25, 0.3) is 17.8 Å². The minimum atomic E-state index is -1.13. The van der Waals surface area contributed by atoms with Gasteiger partial charge in [0.25, 0.3) is 0 Å². The lowest BCUT2D eigenvalue weighted by Crippen LogP contribution is -2.34. The van der Waals surface area contributed by atoms with E-state index in [2.05, 4.69) is 0 Å². The van der Waals surface area contributed by atoms with Gasteiger partial charge < -0.3 is 29.2 Å². The van der Waals surface area contributed by atoms with Crippen LogP contribution in [-0.4, -0.2) is 47.1 Å². The monoisotopic (exact) mass is 580 g/mol. The minimum absolute atomic E-state index is 0.0272. The maximum absolute atomic E-state index is 13.8. The number of hydrogen-bond donors (Lipinski definition) is 2. The maximum atomic E-state index is 13.8. The molecular formula is C34H32N2O7. The zero-order valence-corrected chi connectivity index (χ0v) is 24.8. The lowest BCUT2D eigenvalue weighted by molar-refractivity contribution is 0.0966. The Kier molecular flexibility index (Phi) is 6.77. The van der Waals surface area contributed by atoms with Crippen molar-refractivity contribution >= 4 is 17.9 Å². The molecule has 3 aromatic carbocycles. The van der Waals surface area contributed by atoms with Gasteiger partial charge in [0.2, 0.25) is 0 Å². The van der Waals surface area contributed by atoms with Crippen molar-refractivity contribution in [2.75, 3.05) is 21.3 Å². The van der Waals surface area contributed by atoms with Crippen LogP contribution >= 0.6 is 0 Å². The Morgan fingerprint density at radius 3 is 2.49 bits per heavy atom. The van der Waals surface area contributed by atoms with Gasteiger partial charge in [-0.1, -0.05) is 18.2 Å². The number of hydrogen-bond acceptors (Lipinski definition) is 8. The summed E-state index contributed by atoms with van der Waals surface area (Å²) in [5.74, 6) is 1.28. The Morgan fingerprint density at radius 2 is 1.81 bits per heavy atom. The van der Waals surface area contributed by atoms with Crippen molar-refractivity contribution in [3.8, 4) is 34.4 Å². The number of ketones is 1. The van der Waals surface area contributed by atoms with Crippen LogP contribution in [0, 0.1) is 13.8 Å². The number of nitrogens with zero attached hydrogens (tertiary/aromatic N) is 2. The Balaban J connectivity index is 1.51. The van der Waals surface area contributed by atoms with Crippen LogP contribution in [0.3, 0.4) is 0 Å². The SMILES string of the molecule is COc1ccc(OC)c(/C=C/C(=O)c2c(O)c(C)c(OC)c3c2OC2=Cc4c(c(C)nn4-c4ccccc4)[C@@H](O)[C@@]23C)c1. The molecule has 0 fully saturated rings. The molecule has 0 spiro atoms. The predicted molar refractivity (Wildman–Crippen MR) is 162 cm³/mol. The second-order valence-corrected chi connectivity index (χ2v) is 10.7. The summed E-state index contributed by atoms with van der Waals surface area (Å²) in [5, 5.41) is 28.1. The molecule has 6 rings (SSSR count). The van der Waals surface area contributed by atoms with Crippen LogP contribution in [0.15, 0.2) is 60.4 Å². The first-order valence-electron chi connectivity index (χ1n) is 13.8. The van der Waals surface area contributed by atoms with Crippen LogP contribution < -0.4 is 18.9 Å². The molecule has 4 aromatic rings. The molecule has 0 saturated heterocycles. The number of allylic oxidation sites excluding steroid dienone is 1. The number of para-hydroxylation sites is 1. The minimum Gasteiger partial charge on any atom is -0.507 e. The van der Waals surface area contributed by atoms with E-state index >= 15 is 0 Å². The number of aryl methyl sites for hydroxylation is 1. The fourth-order valence-electron chi connectivity index (χ4n) is 6.10. The summed E-state index contributed by atoms with van der Waals surface area (Å²) >= 11 is 0. The molecule has 2 N–H and O–H groups in total. The van der Waals surface area contributed by atoms with Crippen LogP contribution in [-0.2, 0) is 5.41 Å². The maximum Gasteiger partial charge on any atom is 0.193 e. The summed E-state index contributed by atoms with van der Waals surface area (Å²) in [6.07, 6.45) is 3.70. The van der Waals surface area contributed by atoms with E-state index in [9.17, 15) is 15.0 Å². The number of aromatic hydroxyl groups is 1. The van der Waals surface area contributed by atoms with E-state index < -0.39 is 17.3 Å². The predicted octanol–water partition coefficient (Wildman–Crippen LogP) is 5.85. The normalized spacial score (nSPS) is 18.4. The molecule has 9 nitrogen and oxygen atoms in total. The molecule has 0 saturated carbocycles. The molecule has 9 heteroatoms. The molecule has 43 heavy (non-hydrogen) atoms. The molecule has 220 valence electrons. The van der Waals surface area contributed by atoms with Gasteiger partial charge in [-0.25, -0.2) is 4.68 Å². The number of fused-ring (bicyclic) bond motifs is 4. The highest BCUT2D eigenvalue weighted by molar-refractivity contribution is 6.12. The van der Waals surface area contributed by atoms with Gasteiger partial charge in [0, 0.05) is 22.8 Å². The zero-order valence-electron chi connectivity index (χ0n) is 24.8. The lowest BCUT2D eigenvalue weighted by Gasteiger charge is -2.34. The van der Waals surface area contributed by atoms with Gasteiger partial charge in [0.05, 0.1) is 55.5 Å². The second-order valence-electron chi connectivity index (χ2n) is 10.7. The quantitative estimate of drug-likeness (QED) is 0.207. The van der Waals surface area contributed by atoms with Crippen molar-refractivity contribution < 1.29 is 34.0 Å². The number of aliphatic hydroxyl groups excluding tert-OH is 1. The van der Waals surface area contributed by atoms with E-state index in [0.717, 1.165) is 5.69 Å². The summed E-state index contributed by atoms with van der Waals surface area (Å²) in [6.45, 7) is 5.37. The number of aliphatic hydroxyl groups is 1. The first-order valence-corrected chi connectivity index (χ1v) is 13.8. The number of phenols is 1. The largest absolute Gasteiger partial charge is 0.507 e. The molecule has 2 heterocycles. The zero-order chi connectivity index (χ0) is 30.6. The Morgan fingerprint density at radius 1 is 1.07 bits per heavy atom. The molecule has 0 unspecified atom stereocenters. The Bertz CT molecular complexity index is 1840. The van der Waals surface area contributed by atoms with Crippen molar-refractivity contribution in [3.63, 3.8) is 0 Å². The van der Waals surface area contributed by atoms with Crippen LogP contribution in [0.1, 0.15) is 57.0 Å². The first-order chi connectivity index (χ1) is 20.6. The van der Waals surface area contributed by atoms with E-state index in [1.54, 1.807) is 50.1 Å². The molecule has 1 aliphatic carbocycles. The van der Waals surface area contributed by atoms with E-state index in [1.165, 1.54) is 13.2 Å². The van der Waals surface area contributed by atoms with E-state index in [0.29, 0.717) is 56.6 Å². The van der Waals surface area contributed by atoms with Crippen molar-refractivity contribution in [3.05, 3.63) is 99.6 Å². The highest BCUT2D eigenvalue weighted by atomic mass is 16.5. The standard InChI is InChI=1S/C34H32N2O7/c1-18-30(38)28(24(37)14-12-20-16-22(40-4)13-15-25(20)41-5)32-29(31(18)42-6)34(3)26(43-32)17-23-27(33(34)39)19(2)35-36(23)21-10-8-7-9-11-21/h7-17,33,38-39H,1-6H3/b14-12+/t33-,34+/m1/s1. The number of aromatic nitrogens is 2. The van der Waals surface area contributed by atoms with E-state index in [-0.39, 0.29) is 17.1 Å². The molecule has 2 aliphatic rings. The molecule has 1 aliphatic heterocycles. The summed E-state index contributed by atoms with van der Waals surface area (Å²) in [5.41, 5.74) is 3.12. The summed E-state index contributed by atoms with van der Waals surface area (Å²) in [6, 6.07) is 14.9. The topological polar surface area (TPSA) is 112 Å². The summed E-state index contributed by atoms with van der Waals surface area (Å²) in [4.78, 5) is 13.8. The molecule has 0 bridgehead atoms. The third-order valence-corrected chi connectivity index (χ3v) is 8.39. The fraction of sp³-hybridized carbons (Fsp3) is 0.235. The van der Waals surface area contributed by atoms with Crippen molar-refractivity contribution in [1.29, 1.82) is 0 Å².